The summed E-state index contributed by atoms with van der Waals surface area (Å²) in [5.74, 6) is -0.802. The van der Waals surface area contributed by atoms with Crippen molar-refractivity contribution in [1.82, 2.24) is 8.61 Å². The van der Waals surface area contributed by atoms with Gasteiger partial charge in [0.2, 0.25) is 0 Å². The molecule has 0 aliphatic carbocycles. The van der Waals surface area contributed by atoms with Crippen LogP contribution in [0.1, 0.15) is 20.8 Å². The van der Waals surface area contributed by atoms with Gasteiger partial charge in [0.15, 0.2) is 0 Å². The molecule has 0 amide bonds. The van der Waals surface area contributed by atoms with Crippen molar-refractivity contribution in [1.29, 1.82) is 0 Å². The van der Waals surface area contributed by atoms with Crippen molar-refractivity contribution in [3.63, 3.8) is 0 Å². The lowest BCUT2D eigenvalue weighted by atomic mass is 10.3. The number of nitrogens with zero attached hydrogens (tertiary/aromatic N) is 2. The minimum absolute atomic E-state index is 0.202. The normalized spacial score (nSPS) is 26.9. The van der Waals surface area contributed by atoms with Crippen LogP contribution in [0.15, 0.2) is 0 Å². The molecule has 0 spiro atoms. The Bertz CT molecular complexity index is 396. The summed E-state index contributed by atoms with van der Waals surface area (Å²) in [6.45, 7) is 5.21. The van der Waals surface area contributed by atoms with Gasteiger partial charge in [0.05, 0.1) is 5.37 Å². The topological polar surface area (TPSA) is 77.9 Å². The van der Waals surface area contributed by atoms with Crippen molar-refractivity contribution in [2.75, 3.05) is 12.8 Å². The maximum Gasteiger partial charge on any atom is 0.322 e. The number of aliphatic carboxylic acids is 1. The molecule has 1 saturated heterocycles. The van der Waals surface area contributed by atoms with Gasteiger partial charge in [-0.3, -0.25) is 4.79 Å². The van der Waals surface area contributed by atoms with Crippen molar-refractivity contribution in [3.8, 4) is 0 Å². The molecule has 17 heavy (non-hydrogen) atoms. The minimum Gasteiger partial charge on any atom is -0.480 e. The van der Waals surface area contributed by atoms with E-state index in [9.17, 15) is 13.2 Å². The monoisotopic (exact) mass is 282 g/mol. The molecule has 1 fully saturated rings. The molecule has 1 aliphatic rings. The van der Waals surface area contributed by atoms with Crippen LogP contribution in [0.5, 0.6) is 0 Å². The standard InChI is InChI=1S/C9H18N2O4S2/c1-6(2)10(4)17(14,15)11-7(3)16-5-8(11)9(12)13/h6-8H,5H2,1-4H3,(H,12,13). The van der Waals surface area contributed by atoms with Crippen molar-refractivity contribution in [2.24, 2.45) is 0 Å². The Labute approximate surface area is 106 Å². The first-order chi connectivity index (χ1) is 7.69. The van der Waals surface area contributed by atoms with Crippen LogP contribution in [0.3, 0.4) is 0 Å². The van der Waals surface area contributed by atoms with Gasteiger partial charge in [-0.25, -0.2) is 0 Å². The van der Waals surface area contributed by atoms with Gasteiger partial charge < -0.3 is 5.11 Å². The van der Waals surface area contributed by atoms with Crippen LogP contribution in [0.25, 0.3) is 0 Å². The third kappa shape index (κ3) is 2.75. The fourth-order valence-corrected chi connectivity index (χ4v) is 4.93. The number of carbonyl (C=O) groups is 1. The van der Waals surface area contributed by atoms with Gasteiger partial charge in [0.1, 0.15) is 6.04 Å². The van der Waals surface area contributed by atoms with E-state index in [2.05, 4.69) is 0 Å². The van der Waals surface area contributed by atoms with E-state index in [4.69, 9.17) is 5.11 Å². The zero-order valence-electron chi connectivity index (χ0n) is 10.3. The fraction of sp³-hybridized carbons (Fsp3) is 0.889. The average Bonchev–Trinajstić information content (AvgIpc) is 2.59. The molecule has 1 aliphatic heterocycles. The quantitative estimate of drug-likeness (QED) is 0.808. The van der Waals surface area contributed by atoms with E-state index in [1.165, 1.54) is 23.1 Å². The van der Waals surface area contributed by atoms with Crippen molar-refractivity contribution in [2.45, 2.75) is 38.2 Å². The minimum atomic E-state index is -3.72. The highest BCUT2D eigenvalue weighted by Crippen LogP contribution is 2.32. The van der Waals surface area contributed by atoms with E-state index >= 15 is 0 Å². The number of hydrogen-bond acceptors (Lipinski definition) is 4. The zero-order chi connectivity index (χ0) is 13.4. The van der Waals surface area contributed by atoms with Crippen LogP contribution in [-0.2, 0) is 15.0 Å². The second-order valence-corrected chi connectivity index (χ2v) is 7.48. The third-order valence-electron chi connectivity index (χ3n) is 2.80. The number of carboxylic acid groups (broad SMARTS) is 1. The van der Waals surface area contributed by atoms with E-state index in [0.717, 1.165) is 4.31 Å². The van der Waals surface area contributed by atoms with Crippen molar-refractivity contribution < 1.29 is 18.3 Å². The van der Waals surface area contributed by atoms with Crippen LogP contribution in [0, 0.1) is 0 Å². The Morgan fingerprint density at radius 3 is 2.47 bits per heavy atom. The first-order valence-electron chi connectivity index (χ1n) is 5.30. The van der Waals surface area contributed by atoms with Gasteiger partial charge >= 0.3 is 5.97 Å². The number of rotatable bonds is 4. The highest BCUT2D eigenvalue weighted by atomic mass is 32.2. The second kappa shape index (κ2) is 5.13. The molecule has 0 aromatic heterocycles. The predicted molar refractivity (Wildman–Crippen MR) is 67.0 cm³/mol. The number of thioether (sulfide) groups is 1. The molecule has 1 rings (SSSR count). The van der Waals surface area contributed by atoms with Gasteiger partial charge in [-0.1, -0.05) is 0 Å². The SMILES string of the molecule is CC(C)N(C)S(=O)(=O)N1C(C)SCC1C(=O)O. The van der Waals surface area contributed by atoms with E-state index in [1.54, 1.807) is 20.8 Å². The smallest absolute Gasteiger partial charge is 0.322 e. The van der Waals surface area contributed by atoms with E-state index in [0.29, 0.717) is 5.75 Å². The Morgan fingerprint density at radius 1 is 1.53 bits per heavy atom. The molecule has 8 heteroatoms. The van der Waals surface area contributed by atoms with Gasteiger partial charge in [-0.15, -0.1) is 11.8 Å². The summed E-state index contributed by atoms with van der Waals surface area (Å²) in [7, 11) is -2.25. The highest BCUT2D eigenvalue weighted by molar-refractivity contribution is 8.01. The summed E-state index contributed by atoms with van der Waals surface area (Å²) >= 11 is 1.34. The Hall–Kier alpha value is -0.310. The molecule has 2 unspecified atom stereocenters. The zero-order valence-corrected chi connectivity index (χ0v) is 12.0. The molecule has 1 heterocycles. The molecule has 6 nitrogen and oxygen atoms in total. The van der Waals surface area contributed by atoms with Gasteiger partial charge in [0, 0.05) is 18.8 Å². The van der Waals surface area contributed by atoms with Gasteiger partial charge in [-0.05, 0) is 20.8 Å². The first-order valence-corrected chi connectivity index (χ1v) is 7.75. The molecule has 0 bridgehead atoms. The summed E-state index contributed by atoms with van der Waals surface area (Å²) < 4.78 is 26.8. The molecule has 0 saturated carbocycles. The molecule has 0 radical (unpaired) electrons. The van der Waals surface area contributed by atoms with Crippen molar-refractivity contribution >= 4 is 27.9 Å². The first kappa shape index (κ1) is 14.7. The molecule has 1 N–H and O–H groups in total. The fourth-order valence-electron chi connectivity index (χ4n) is 1.57. The molecule has 0 aromatic rings. The molecular formula is C9H18N2O4S2. The third-order valence-corrected chi connectivity index (χ3v) is 6.41. The Morgan fingerprint density at radius 2 is 2.06 bits per heavy atom. The molecule has 2 atom stereocenters. The van der Waals surface area contributed by atoms with Crippen LogP contribution in [0.2, 0.25) is 0 Å². The Kier molecular flexibility index (Phi) is 4.45. The summed E-state index contributed by atoms with van der Waals surface area (Å²) in [6, 6.07) is -1.17. The lowest BCUT2D eigenvalue weighted by Gasteiger charge is -2.31. The maximum absolute atomic E-state index is 12.3. The number of hydrogen-bond donors (Lipinski definition) is 1. The van der Waals surface area contributed by atoms with E-state index in [1.807, 2.05) is 0 Å². The predicted octanol–water partition coefficient (Wildman–Crippen LogP) is 0.419. The molecule has 100 valence electrons. The lowest BCUT2D eigenvalue weighted by molar-refractivity contribution is -0.140. The molecule has 0 aromatic carbocycles. The summed E-state index contributed by atoms with van der Waals surface area (Å²) in [5, 5.41) is 8.70. The van der Waals surface area contributed by atoms with E-state index in [-0.39, 0.29) is 11.4 Å². The average molecular weight is 282 g/mol. The molecular weight excluding hydrogens is 264 g/mol. The van der Waals surface area contributed by atoms with Crippen LogP contribution in [0.4, 0.5) is 0 Å². The van der Waals surface area contributed by atoms with Crippen LogP contribution in [-0.4, -0.2) is 58.4 Å². The largest absolute Gasteiger partial charge is 0.480 e. The lowest BCUT2D eigenvalue weighted by Crippen LogP contribution is -2.51. The van der Waals surface area contributed by atoms with Crippen LogP contribution >= 0.6 is 11.8 Å². The van der Waals surface area contributed by atoms with Gasteiger partial charge in [0.25, 0.3) is 10.2 Å². The van der Waals surface area contributed by atoms with E-state index < -0.39 is 22.2 Å². The van der Waals surface area contributed by atoms with Crippen LogP contribution < -0.4 is 0 Å². The summed E-state index contributed by atoms with van der Waals surface area (Å²) in [5.41, 5.74) is 0. The number of carboxylic acids is 1. The Balaban J connectivity index is 3.08. The highest BCUT2D eigenvalue weighted by Gasteiger charge is 2.45. The summed E-state index contributed by atoms with van der Waals surface area (Å²) in [4.78, 5) is 11.1. The van der Waals surface area contributed by atoms with Gasteiger partial charge in [-0.2, -0.15) is 17.0 Å². The maximum atomic E-state index is 12.3. The summed E-state index contributed by atoms with van der Waals surface area (Å²) in [6.07, 6.45) is 0. The second-order valence-electron chi connectivity index (χ2n) is 4.23. The van der Waals surface area contributed by atoms with Crippen molar-refractivity contribution in [3.05, 3.63) is 0 Å².